The van der Waals surface area contributed by atoms with Gasteiger partial charge in [0.1, 0.15) is 18.1 Å². The molecule has 4 heteroatoms. The van der Waals surface area contributed by atoms with Gasteiger partial charge in [-0.3, -0.25) is 4.79 Å². The second kappa shape index (κ2) is 5.42. The van der Waals surface area contributed by atoms with Crippen LogP contribution in [-0.4, -0.2) is 16.7 Å². The van der Waals surface area contributed by atoms with Crippen LogP contribution in [0.1, 0.15) is 0 Å². The second-order valence-electron chi connectivity index (χ2n) is 5.66. The van der Waals surface area contributed by atoms with Crippen molar-refractivity contribution in [3.8, 4) is 11.5 Å². The van der Waals surface area contributed by atoms with Crippen LogP contribution < -0.4 is 10.2 Å². The zero-order valence-corrected chi connectivity index (χ0v) is 12.9. The van der Waals surface area contributed by atoms with Crippen molar-refractivity contribution in [1.82, 2.24) is 4.98 Å². The SMILES string of the molecule is C=CCOc1cc(O)c2c(=O)c3cc4ccccc4cc3[nH]c2c1. The Labute approximate surface area is 137 Å². The molecule has 0 aliphatic carbocycles. The number of ether oxygens (including phenoxy) is 1. The van der Waals surface area contributed by atoms with Gasteiger partial charge in [-0.05, 0) is 22.9 Å². The molecular formula is C20H15NO3. The Hall–Kier alpha value is -3.27. The molecule has 0 saturated heterocycles. The van der Waals surface area contributed by atoms with E-state index in [2.05, 4.69) is 11.6 Å². The molecule has 0 spiro atoms. The average Bonchev–Trinajstić information content (AvgIpc) is 2.58. The van der Waals surface area contributed by atoms with Crippen LogP contribution in [0.4, 0.5) is 0 Å². The van der Waals surface area contributed by atoms with Crippen LogP contribution >= 0.6 is 0 Å². The second-order valence-corrected chi connectivity index (χ2v) is 5.66. The molecule has 4 aromatic rings. The molecule has 4 rings (SSSR count). The van der Waals surface area contributed by atoms with Crippen LogP contribution in [0.5, 0.6) is 11.5 Å². The Kier molecular flexibility index (Phi) is 3.24. The van der Waals surface area contributed by atoms with Crippen LogP contribution in [0.25, 0.3) is 32.6 Å². The van der Waals surface area contributed by atoms with Gasteiger partial charge in [0.15, 0.2) is 0 Å². The standard InChI is InChI=1S/C20H15NO3/c1-2-7-24-14-10-17-19(18(22)11-14)20(23)15-8-12-5-3-4-6-13(12)9-16(15)21-17/h2-6,8-11,22H,1,7H2,(H,21,23). The van der Waals surface area contributed by atoms with Crippen molar-refractivity contribution in [3.05, 3.63) is 71.4 Å². The van der Waals surface area contributed by atoms with E-state index < -0.39 is 0 Å². The summed E-state index contributed by atoms with van der Waals surface area (Å²) >= 11 is 0. The smallest absolute Gasteiger partial charge is 0.200 e. The van der Waals surface area contributed by atoms with Crippen LogP contribution in [0.3, 0.4) is 0 Å². The predicted molar refractivity (Wildman–Crippen MR) is 96.9 cm³/mol. The highest BCUT2D eigenvalue weighted by atomic mass is 16.5. The number of aromatic nitrogens is 1. The number of aromatic hydroxyl groups is 1. The summed E-state index contributed by atoms with van der Waals surface area (Å²) in [7, 11) is 0. The van der Waals surface area contributed by atoms with Crippen molar-refractivity contribution < 1.29 is 9.84 Å². The van der Waals surface area contributed by atoms with E-state index in [0.717, 1.165) is 16.3 Å². The Bertz CT molecular complexity index is 1160. The number of H-pyrrole nitrogens is 1. The average molecular weight is 317 g/mol. The van der Waals surface area contributed by atoms with Crippen LogP contribution in [0.15, 0.2) is 66.0 Å². The normalized spacial score (nSPS) is 11.2. The maximum absolute atomic E-state index is 12.8. The Balaban J connectivity index is 2.07. The molecule has 0 radical (unpaired) electrons. The van der Waals surface area contributed by atoms with Crippen molar-refractivity contribution in [1.29, 1.82) is 0 Å². The van der Waals surface area contributed by atoms with E-state index in [1.807, 2.05) is 36.4 Å². The van der Waals surface area contributed by atoms with Crippen LogP contribution in [0.2, 0.25) is 0 Å². The fourth-order valence-corrected chi connectivity index (χ4v) is 2.99. The summed E-state index contributed by atoms with van der Waals surface area (Å²) in [6.07, 6.45) is 1.62. The first-order valence-corrected chi connectivity index (χ1v) is 7.62. The van der Waals surface area contributed by atoms with Gasteiger partial charge in [-0.2, -0.15) is 0 Å². The lowest BCUT2D eigenvalue weighted by Gasteiger charge is -2.09. The van der Waals surface area contributed by atoms with E-state index in [1.54, 1.807) is 12.1 Å². The number of phenols is 1. The lowest BCUT2D eigenvalue weighted by molar-refractivity contribution is 0.361. The van der Waals surface area contributed by atoms with E-state index in [9.17, 15) is 9.90 Å². The van der Waals surface area contributed by atoms with Crippen molar-refractivity contribution in [2.45, 2.75) is 0 Å². The molecule has 0 amide bonds. The van der Waals surface area contributed by atoms with E-state index in [4.69, 9.17) is 4.74 Å². The molecule has 0 bridgehead atoms. The fraction of sp³-hybridized carbons (Fsp3) is 0.0500. The number of phenolic OH excluding ortho intramolecular Hbond substituents is 1. The Morgan fingerprint density at radius 2 is 1.83 bits per heavy atom. The van der Waals surface area contributed by atoms with Gasteiger partial charge >= 0.3 is 0 Å². The first kappa shape index (κ1) is 14.3. The molecule has 4 nitrogen and oxygen atoms in total. The third-order valence-electron chi connectivity index (χ3n) is 4.09. The molecule has 0 unspecified atom stereocenters. The summed E-state index contributed by atoms with van der Waals surface area (Å²) in [6.45, 7) is 3.93. The topological polar surface area (TPSA) is 62.3 Å². The number of rotatable bonds is 3. The third-order valence-corrected chi connectivity index (χ3v) is 4.09. The molecule has 0 aliphatic heterocycles. The van der Waals surface area contributed by atoms with Gasteiger partial charge in [0.05, 0.1) is 16.4 Å². The van der Waals surface area contributed by atoms with Gasteiger partial charge in [0.2, 0.25) is 5.43 Å². The van der Waals surface area contributed by atoms with Gasteiger partial charge in [-0.1, -0.05) is 36.9 Å². The fourth-order valence-electron chi connectivity index (χ4n) is 2.99. The number of fused-ring (bicyclic) bond motifs is 3. The predicted octanol–water partition coefficient (Wildman–Crippen LogP) is 4.10. The van der Waals surface area contributed by atoms with E-state index in [1.165, 1.54) is 6.07 Å². The first-order valence-electron chi connectivity index (χ1n) is 7.62. The molecule has 0 atom stereocenters. The van der Waals surface area contributed by atoms with Crippen molar-refractivity contribution >= 4 is 32.6 Å². The Morgan fingerprint density at radius 3 is 2.58 bits per heavy atom. The van der Waals surface area contributed by atoms with E-state index in [-0.39, 0.29) is 16.6 Å². The Morgan fingerprint density at radius 1 is 1.08 bits per heavy atom. The van der Waals surface area contributed by atoms with Crippen LogP contribution in [0, 0.1) is 0 Å². The zero-order valence-electron chi connectivity index (χ0n) is 12.9. The molecule has 2 N–H and O–H groups in total. The van der Waals surface area contributed by atoms with E-state index >= 15 is 0 Å². The number of hydrogen-bond acceptors (Lipinski definition) is 3. The summed E-state index contributed by atoms with van der Waals surface area (Å²) in [6, 6.07) is 14.8. The summed E-state index contributed by atoms with van der Waals surface area (Å²) in [5.74, 6) is 0.388. The lowest BCUT2D eigenvalue weighted by atomic mass is 10.0. The summed E-state index contributed by atoms with van der Waals surface area (Å²) in [4.78, 5) is 16.1. The van der Waals surface area contributed by atoms with Gasteiger partial charge in [0.25, 0.3) is 0 Å². The van der Waals surface area contributed by atoms with Gasteiger partial charge < -0.3 is 14.8 Å². The summed E-state index contributed by atoms with van der Waals surface area (Å²) in [5, 5.41) is 13.1. The monoisotopic (exact) mass is 317 g/mol. The molecule has 0 saturated carbocycles. The van der Waals surface area contributed by atoms with Gasteiger partial charge in [-0.25, -0.2) is 0 Å². The number of pyridine rings is 1. The molecule has 0 aliphatic rings. The summed E-state index contributed by atoms with van der Waals surface area (Å²) < 4.78 is 5.47. The molecule has 118 valence electrons. The van der Waals surface area contributed by atoms with Crippen LogP contribution in [-0.2, 0) is 0 Å². The molecule has 0 fully saturated rings. The number of benzene rings is 3. The zero-order chi connectivity index (χ0) is 16.7. The number of hydrogen-bond donors (Lipinski definition) is 2. The van der Waals surface area contributed by atoms with Gasteiger partial charge in [-0.15, -0.1) is 0 Å². The number of nitrogens with one attached hydrogen (secondary N) is 1. The maximum atomic E-state index is 12.8. The maximum Gasteiger partial charge on any atom is 0.200 e. The lowest BCUT2D eigenvalue weighted by Crippen LogP contribution is -2.05. The van der Waals surface area contributed by atoms with E-state index in [0.29, 0.717) is 23.3 Å². The van der Waals surface area contributed by atoms with Crippen molar-refractivity contribution in [2.75, 3.05) is 6.61 Å². The highest BCUT2D eigenvalue weighted by Crippen LogP contribution is 2.29. The quantitative estimate of drug-likeness (QED) is 0.441. The third kappa shape index (κ3) is 2.20. The minimum Gasteiger partial charge on any atom is -0.507 e. The van der Waals surface area contributed by atoms with Gasteiger partial charge in [0, 0.05) is 17.5 Å². The highest BCUT2D eigenvalue weighted by Gasteiger charge is 2.12. The highest BCUT2D eigenvalue weighted by molar-refractivity contribution is 6.02. The summed E-state index contributed by atoms with van der Waals surface area (Å²) in [5.41, 5.74) is 1.07. The van der Waals surface area contributed by atoms with Crippen molar-refractivity contribution in [2.24, 2.45) is 0 Å². The minimum atomic E-state index is -0.197. The van der Waals surface area contributed by atoms with Crippen molar-refractivity contribution in [3.63, 3.8) is 0 Å². The largest absolute Gasteiger partial charge is 0.507 e. The molecular weight excluding hydrogens is 302 g/mol. The molecule has 24 heavy (non-hydrogen) atoms. The number of aromatic amines is 1. The first-order chi connectivity index (χ1) is 11.7. The molecule has 1 heterocycles. The molecule has 3 aromatic carbocycles. The molecule has 1 aromatic heterocycles. The minimum absolute atomic E-state index is 0.0946.